The molecule has 1 aliphatic heterocycles. The quantitative estimate of drug-likeness (QED) is 0.743. The van der Waals surface area contributed by atoms with E-state index < -0.39 is 0 Å². The third kappa shape index (κ3) is 3.58. The molecule has 0 radical (unpaired) electrons. The molecule has 0 saturated heterocycles. The minimum Gasteiger partial charge on any atom is -0.334 e. The molecule has 7 rings (SSSR count). The Morgan fingerprint density at radius 3 is 2.31 bits per heavy atom. The van der Waals surface area contributed by atoms with Crippen molar-refractivity contribution >= 4 is 17.6 Å². The van der Waals surface area contributed by atoms with Crippen LogP contribution in [0, 0.1) is 17.8 Å². The van der Waals surface area contributed by atoms with Gasteiger partial charge in [0.15, 0.2) is 0 Å². The Morgan fingerprint density at radius 1 is 0.938 bits per heavy atom. The maximum Gasteiger partial charge on any atom is 0.315 e. The average Bonchev–Trinajstić information content (AvgIpc) is 3.20. The maximum atomic E-state index is 12.9. The monoisotopic (exact) mass is 429 g/mol. The van der Waals surface area contributed by atoms with Gasteiger partial charge in [0, 0.05) is 29.9 Å². The summed E-state index contributed by atoms with van der Waals surface area (Å²) >= 11 is 0. The van der Waals surface area contributed by atoms with Crippen LogP contribution in [0.25, 0.3) is 0 Å². The van der Waals surface area contributed by atoms with Crippen molar-refractivity contribution < 1.29 is 9.59 Å². The summed E-state index contributed by atoms with van der Waals surface area (Å²) in [6.07, 6.45) is 8.47. The first-order valence-electron chi connectivity index (χ1n) is 12.1. The van der Waals surface area contributed by atoms with Gasteiger partial charge in [-0.25, -0.2) is 4.79 Å². The van der Waals surface area contributed by atoms with Crippen molar-refractivity contribution in [2.24, 2.45) is 17.8 Å². The number of hydrogen-bond donors (Lipinski definition) is 2. The largest absolute Gasteiger partial charge is 0.334 e. The normalized spacial score (nSPS) is 29.6. The smallest absolute Gasteiger partial charge is 0.315 e. The third-order valence-corrected chi connectivity index (χ3v) is 8.18. The van der Waals surface area contributed by atoms with Gasteiger partial charge >= 0.3 is 6.03 Å². The zero-order valence-corrected chi connectivity index (χ0v) is 18.5. The van der Waals surface area contributed by atoms with E-state index >= 15 is 0 Å². The van der Waals surface area contributed by atoms with Crippen LogP contribution in [0.5, 0.6) is 0 Å². The number of nitrogens with one attached hydrogen (secondary N) is 2. The molecular formula is C27H31N3O2. The predicted molar refractivity (Wildman–Crippen MR) is 125 cm³/mol. The minimum absolute atomic E-state index is 0.0340. The Balaban J connectivity index is 1.08. The highest BCUT2D eigenvalue weighted by atomic mass is 16.2. The van der Waals surface area contributed by atoms with Crippen molar-refractivity contribution in [3.63, 3.8) is 0 Å². The highest BCUT2D eigenvalue weighted by Crippen LogP contribution is 2.55. The minimum atomic E-state index is -0.0340. The van der Waals surface area contributed by atoms with Crippen LogP contribution < -0.4 is 15.5 Å². The van der Waals surface area contributed by atoms with Gasteiger partial charge in [0.25, 0.3) is 5.91 Å². The summed E-state index contributed by atoms with van der Waals surface area (Å²) in [6, 6.07) is 15.6. The fourth-order valence-corrected chi connectivity index (χ4v) is 7.24. The fraction of sp³-hybridized carbons (Fsp3) is 0.481. The van der Waals surface area contributed by atoms with E-state index in [1.807, 2.05) is 47.4 Å². The van der Waals surface area contributed by atoms with Gasteiger partial charge in [-0.1, -0.05) is 30.3 Å². The SMILES string of the molecule is O=C(NCc1ccc2c(c1)CCN2C(=O)c1ccccc1)NC12CC3CC(CC(C3)C1)C2. The lowest BCUT2D eigenvalue weighted by Gasteiger charge is -2.56. The summed E-state index contributed by atoms with van der Waals surface area (Å²) in [7, 11) is 0. The van der Waals surface area contributed by atoms with E-state index in [9.17, 15) is 9.59 Å². The van der Waals surface area contributed by atoms with Crippen molar-refractivity contribution in [3.05, 3.63) is 65.2 Å². The molecule has 5 heteroatoms. The van der Waals surface area contributed by atoms with E-state index in [0.717, 1.165) is 54.7 Å². The molecule has 32 heavy (non-hydrogen) atoms. The summed E-state index contributed by atoms with van der Waals surface area (Å²) in [5.74, 6) is 2.50. The van der Waals surface area contributed by atoms with E-state index in [1.165, 1.54) is 24.8 Å². The maximum absolute atomic E-state index is 12.9. The number of carbonyl (C=O) groups excluding carboxylic acids is 2. The number of fused-ring (bicyclic) bond motifs is 1. The zero-order chi connectivity index (χ0) is 21.7. The molecule has 0 spiro atoms. The van der Waals surface area contributed by atoms with E-state index in [0.29, 0.717) is 18.7 Å². The van der Waals surface area contributed by atoms with Crippen LogP contribution in [-0.2, 0) is 13.0 Å². The number of amides is 3. The Hall–Kier alpha value is -2.82. The van der Waals surface area contributed by atoms with Crippen molar-refractivity contribution in [1.82, 2.24) is 10.6 Å². The lowest BCUT2D eigenvalue weighted by molar-refractivity contribution is -0.0135. The molecule has 3 amide bonds. The van der Waals surface area contributed by atoms with E-state index in [1.54, 1.807) is 0 Å². The highest BCUT2D eigenvalue weighted by Gasteiger charge is 2.51. The first-order chi connectivity index (χ1) is 15.6. The number of benzene rings is 2. The molecule has 4 fully saturated rings. The summed E-state index contributed by atoms with van der Waals surface area (Å²) < 4.78 is 0. The Kier molecular flexibility index (Phi) is 4.74. The van der Waals surface area contributed by atoms with Gasteiger partial charge in [-0.15, -0.1) is 0 Å². The van der Waals surface area contributed by atoms with Crippen molar-refractivity contribution in [3.8, 4) is 0 Å². The van der Waals surface area contributed by atoms with Gasteiger partial charge in [-0.2, -0.15) is 0 Å². The Morgan fingerprint density at radius 2 is 1.62 bits per heavy atom. The lowest BCUT2D eigenvalue weighted by atomic mass is 9.53. The van der Waals surface area contributed by atoms with Crippen molar-refractivity contribution in [2.75, 3.05) is 11.4 Å². The summed E-state index contributed by atoms with van der Waals surface area (Å²) in [6.45, 7) is 1.21. The molecule has 2 aromatic carbocycles. The summed E-state index contributed by atoms with van der Waals surface area (Å²) in [5, 5.41) is 6.48. The molecule has 4 saturated carbocycles. The molecule has 1 heterocycles. The molecule has 2 N–H and O–H groups in total. The van der Waals surface area contributed by atoms with Crippen LogP contribution in [0.2, 0.25) is 0 Å². The molecule has 4 aliphatic carbocycles. The third-order valence-electron chi connectivity index (χ3n) is 8.18. The van der Waals surface area contributed by atoms with Gasteiger partial charge in [0.2, 0.25) is 0 Å². The highest BCUT2D eigenvalue weighted by molar-refractivity contribution is 6.07. The van der Waals surface area contributed by atoms with Crippen LogP contribution in [0.15, 0.2) is 48.5 Å². The number of anilines is 1. The van der Waals surface area contributed by atoms with Crippen LogP contribution in [-0.4, -0.2) is 24.0 Å². The second-order valence-electron chi connectivity index (χ2n) is 10.5. The number of carbonyl (C=O) groups is 2. The molecular weight excluding hydrogens is 398 g/mol. The van der Waals surface area contributed by atoms with Crippen LogP contribution >= 0.6 is 0 Å². The topological polar surface area (TPSA) is 61.4 Å². The number of hydrogen-bond acceptors (Lipinski definition) is 2. The Labute approximate surface area is 189 Å². The van der Waals surface area contributed by atoms with Crippen molar-refractivity contribution in [2.45, 2.75) is 57.0 Å². The van der Waals surface area contributed by atoms with Gasteiger partial charge in [0.1, 0.15) is 0 Å². The molecule has 5 nitrogen and oxygen atoms in total. The van der Waals surface area contributed by atoms with E-state index in [4.69, 9.17) is 0 Å². The van der Waals surface area contributed by atoms with E-state index in [-0.39, 0.29) is 17.5 Å². The Bertz CT molecular complexity index is 1010. The van der Waals surface area contributed by atoms with Crippen LogP contribution in [0.1, 0.15) is 60.0 Å². The average molecular weight is 430 g/mol. The first-order valence-corrected chi connectivity index (χ1v) is 12.1. The number of rotatable bonds is 4. The second kappa shape index (κ2) is 7.65. The lowest BCUT2D eigenvalue weighted by Crippen LogP contribution is -2.61. The van der Waals surface area contributed by atoms with Gasteiger partial charge in [0.05, 0.1) is 0 Å². The molecule has 5 aliphatic rings. The van der Waals surface area contributed by atoms with Crippen molar-refractivity contribution in [1.29, 1.82) is 0 Å². The first kappa shape index (κ1) is 19.8. The molecule has 166 valence electrons. The van der Waals surface area contributed by atoms with Gasteiger partial charge < -0.3 is 15.5 Å². The molecule has 4 bridgehead atoms. The van der Waals surface area contributed by atoms with Gasteiger partial charge in [-0.05, 0) is 92.0 Å². The van der Waals surface area contributed by atoms with Crippen LogP contribution in [0.3, 0.4) is 0 Å². The molecule has 2 aromatic rings. The second-order valence-corrected chi connectivity index (χ2v) is 10.5. The van der Waals surface area contributed by atoms with Gasteiger partial charge in [-0.3, -0.25) is 4.79 Å². The fourth-order valence-electron chi connectivity index (χ4n) is 7.24. The molecule has 0 aromatic heterocycles. The predicted octanol–water partition coefficient (Wildman–Crippen LogP) is 4.66. The number of urea groups is 1. The van der Waals surface area contributed by atoms with Crippen LogP contribution in [0.4, 0.5) is 10.5 Å². The zero-order valence-electron chi connectivity index (χ0n) is 18.5. The molecule has 0 unspecified atom stereocenters. The standard InChI is InChI=1S/C27H31N3O2/c31-25(22-4-2-1-3-5-22)30-9-8-23-13-18(6-7-24(23)30)17-28-26(32)29-27-14-19-10-20(15-27)12-21(11-19)16-27/h1-7,13,19-21H,8-12,14-17H2,(H2,28,29,32). The number of nitrogens with zero attached hydrogens (tertiary/aromatic N) is 1. The molecule has 0 atom stereocenters. The summed E-state index contributed by atoms with van der Waals surface area (Å²) in [4.78, 5) is 27.5. The summed E-state index contributed by atoms with van der Waals surface area (Å²) in [5.41, 5.74) is 4.00. The van der Waals surface area contributed by atoms with E-state index in [2.05, 4.69) is 16.7 Å².